The monoisotopic (exact) mass is 402 g/mol. The van der Waals surface area contributed by atoms with Crippen LogP contribution in [0.4, 0.5) is 5.13 Å². The van der Waals surface area contributed by atoms with E-state index >= 15 is 0 Å². The SMILES string of the molecule is CC(C)(N)C(=O)Nc1nc2c(s1)CN(Cc1ccccc1)CC2.Cl.Cl. The highest BCUT2D eigenvalue weighted by molar-refractivity contribution is 7.15. The summed E-state index contributed by atoms with van der Waals surface area (Å²) in [5, 5.41) is 3.48. The fourth-order valence-corrected chi connectivity index (χ4v) is 3.58. The quantitative estimate of drug-likeness (QED) is 0.823. The number of amides is 1. The number of nitrogens with two attached hydrogens (primary N) is 1. The first-order chi connectivity index (χ1) is 10.9. The first-order valence-corrected chi connectivity index (χ1v) is 8.58. The molecule has 1 aromatic heterocycles. The average molecular weight is 403 g/mol. The summed E-state index contributed by atoms with van der Waals surface area (Å²) in [6.07, 6.45) is 0.917. The van der Waals surface area contributed by atoms with Crippen LogP contribution in [0.3, 0.4) is 0 Å². The van der Waals surface area contributed by atoms with Gasteiger partial charge in [-0.15, -0.1) is 36.2 Å². The van der Waals surface area contributed by atoms with Gasteiger partial charge in [0.25, 0.3) is 0 Å². The Morgan fingerprint density at radius 3 is 2.64 bits per heavy atom. The number of aromatic nitrogens is 1. The van der Waals surface area contributed by atoms with Crippen molar-refractivity contribution in [3.8, 4) is 0 Å². The molecule has 3 rings (SSSR count). The van der Waals surface area contributed by atoms with E-state index in [2.05, 4.69) is 39.5 Å². The highest BCUT2D eigenvalue weighted by Gasteiger charge is 2.25. The molecular formula is C17H24Cl2N4OS. The molecule has 8 heteroatoms. The second kappa shape index (κ2) is 8.96. The zero-order valence-electron chi connectivity index (χ0n) is 14.3. The molecule has 3 N–H and O–H groups in total. The summed E-state index contributed by atoms with van der Waals surface area (Å²) in [5.41, 5.74) is 7.34. The lowest BCUT2D eigenvalue weighted by Crippen LogP contribution is -2.45. The number of fused-ring (bicyclic) bond motifs is 1. The van der Waals surface area contributed by atoms with Gasteiger partial charge in [-0.05, 0) is 19.4 Å². The Hall–Kier alpha value is -1.18. The van der Waals surface area contributed by atoms with Crippen molar-refractivity contribution in [2.24, 2.45) is 5.73 Å². The maximum atomic E-state index is 12.0. The predicted octanol–water partition coefficient (Wildman–Crippen LogP) is 3.22. The van der Waals surface area contributed by atoms with Crippen LogP contribution in [-0.4, -0.2) is 27.9 Å². The Morgan fingerprint density at radius 2 is 2.00 bits per heavy atom. The van der Waals surface area contributed by atoms with E-state index in [9.17, 15) is 4.79 Å². The number of benzene rings is 1. The van der Waals surface area contributed by atoms with Crippen molar-refractivity contribution in [2.45, 2.75) is 38.9 Å². The lowest BCUT2D eigenvalue weighted by atomic mass is 10.1. The van der Waals surface area contributed by atoms with E-state index < -0.39 is 5.54 Å². The lowest BCUT2D eigenvalue weighted by Gasteiger charge is -2.25. The van der Waals surface area contributed by atoms with Gasteiger partial charge in [-0.1, -0.05) is 30.3 Å². The summed E-state index contributed by atoms with van der Waals surface area (Å²) in [4.78, 5) is 20.2. The van der Waals surface area contributed by atoms with Gasteiger partial charge in [0.15, 0.2) is 5.13 Å². The van der Waals surface area contributed by atoms with Crippen LogP contribution in [0.15, 0.2) is 30.3 Å². The summed E-state index contributed by atoms with van der Waals surface area (Å²) < 4.78 is 0. The summed E-state index contributed by atoms with van der Waals surface area (Å²) >= 11 is 1.55. The zero-order chi connectivity index (χ0) is 16.4. The molecule has 25 heavy (non-hydrogen) atoms. The first-order valence-electron chi connectivity index (χ1n) is 7.77. The number of carbonyl (C=O) groups excluding carboxylic acids is 1. The zero-order valence-corrected chi connectivity index (χ0v) is 16.8. The van der Waals surface area contributed by atoms with Crippen LogP contribution in [-0.2, 0) is 24.3 Å². The molecule has 0 aliphatic carbocycles. The molecular weight excluding hydrogens is 379 g/mol. The molecule has 0 atom stereocenters. The molecule has 5 nitrogen and oxygen atoms in total. The van der Waals surface area contributed by atoms with Crippen LogP contribution >= 0.6 is 36.2 Å². The van der Waals surface area contributed by atoms with E-state index in [1.165, 1.54) is 10.4 Å². The van der Waals surface area contributed by atoms with Crippen LogP contribution in [0.5, 0.6) is 0 Å². The number of nitrogens with zero attached hydrogens (tertiary/aromatic N) is 2. The van der Waals surface area contributed by atoms with E-state index in [1.54, 1.807) is 25.2 Å². The largest absolute Gasteiger partial charge is 0.318 e. The van der Waals surface area contributed by atoms with Crippen molar-refractivity contribution in [3.05, 3.63) is 46.5 Å². The Morgan fingerprint density at radius 1 is 1.32 bits per heavy atom. The third kappa shape index (κ3) is 5.66. The maximum absolute atomic E-state index is 12.0. The van der Waals surface area contributed by atoms with Crippen molar-refractivity contribution >= 4 is 47.2 Å². The Bertz CT molecular complexity index is 700. The van der Waals surface area contributed by atoms with E-state index in [0.717, 1.165) is 31.7 Å². The molecule has 0 radical (unpaired) electrons. The molecule has 1 aromatic carbocycles. The maximum Gasteiger partial charge on any atom is 0.245 e. The molecule has 0 bridgehead atoms. The van der Waals surface area contributed by atoms with Gasteiger partial charge in [-0.3, -0.25) is 9.69 Å². The summed E-state index contributed by atoms with van der Waals surface area (Å²) in [6, 6.07) is 10.5. The lowest BCUT2D eigenvalue weighted by molar-refractivity contribution is -0.120. The second-order valence-electron chi connectivity index (χ2n) is 6.51. The minimum atomic E-state index is -0.897. The molecule has 1 aliphatic rings. The van der Waals surface area contributed by atoms with Crippen LogP contribution in [0, 0.1) is 0 Å². The van der Waals surface area contributed by atoms with Crippen LogP contribution in [0.25, 0.3) is 0 Å². The number of thiazole rings is 1. The molecule has 2 aromatic rings. The molecule has 138 valence electrons. The Balaban J connectivity index is 0.00000156. The van der Waals surface area contributed by atoms with Gasteiger partial charge in [-0.25, -0.2) is 4.98 Å². The predicted molar refractivity (Wildman–Crippen MR) is 108 cm³/mol. The summed E-state index contributed by atoms with van der Waals surface area (Å²) in [6.45, 7) is 6.19. The minimum absolute atomic E-state index is 0. The number of nitrogens with one attached hydrogen (secondary N) is 1. The summed E-state index contributed by atoms with van der Waals surface area (Å²) in [5.74, 6) is -0.204. The topological polar surface area (TPSA) is 71.2 Å². The molecule has 1 aliphatic heterocycles. The minimum Gasteiger partial charge on any atom is -0.318 e. The molecule has 0 spiro atoms. The van der Waals surface area contributed by atoms with E-state index in [4.69, 9.17) is 5.73 Å². The molecule has 0 saturated carbocycles. The highest BCUT2D eigenvalue weighted by atomic mass is 35.5. The number of rotatable bonds is 4. The van der Waals surface area contributed by atoms with E-state index in [-0.39, 0.29) is 30.7 Å². The molecule has 1 amide bonds. The Labute approximate surface area is 164 Å². The van der Waals surface area contributed by atoms with Crippen molar-refractivity contribution < 1.29 is 4.79 Å². The van der Waals surface area contributed by atoms with Gasteiger partial charge in [0, 0.05) is 30.9 Å². The van der Waals surface area contributed by atoms with Gasteiger partial charge in [0.2, 0.25) is 5.91 Å². The van der Waals surface area contributed by atoms with E-state index in [0.29, 0.717) is 5.13 Å². The Kier molecular flexibility index (Phi) is 7.84. The second-order valence-corrected chi connectivity index (χ2v) is 7.59. The summed E-state index contributed by atoms with van der Waals surface area (Å²) in [7, 11) is 0. The first kappa shape index (κ1) is 21.9. The van der Waals surface area contributed by atoms with Gasteiger partial charge in [-0.2, -0.15) is 0 Å². The van der Waals surface area contributed by atoms with Gasteiger partial charge in [0.05, 0.1) is 11.2 Å². The van der Waals surface area contributed by atoms with Crippen molar-refractivity contribution in [3.63, 3.8) is 0 Å². The fraction of sp³-hybridized carbons (Fsp3) is 0.412. The smallest absolute Gasteiger partial charge is 0.245 e. The van der Waals surface area contributed by atoms with Gasteiger partial charge >= 0.3 is 0 Å². The molecule has 2 heterocycles. The third-order valence-electron chi connectivity index (χ3n) is 3.86. The molecule has 0 unspecified atom stereocenters. The normalized spacial score (nSPS) is 14.0. The number of carbonyl (C=O) groups is 1. The fourth-order valence-electron chi connectivity index (χ4n) is 2.54. The van der Waals surface area contributed by atoms with Gasteiger partial charge < -0.3 is 11.1 Å². The van der Waals surface area contributed by atoms with Crippen LogP contribution < -0.4 is 11.1 Å². The van der Waals surface area contributed by atoms with Crippen molar-refractivity contribution in [1.29, 1.82) is 0 Å². The average Bonchev–Trinajstić information content (AvgIpc) is 2.89. The van der Waals surface area contributed by atoms with Crippen molar-refractivity contribution in [1.82, 2.24) is 9.88 Å². The number of hydrogen-bond acceptors (Lipinski definition) is 5. The molecule has 0 fully saturated rings. The standard InChI is InChI=1S/C17H22N4OS.2ClH/c1-17(2,18)15(22)20-16-19-13-8-9-21(11-14(13)23-16)10-12-6-4-3-5-7-12;;/h3-7H,8-11,18H2,1-2H3,(H,19,20,22);2*1H. The van der Waals surface area contributed by atoms with Crippen LogP contribution in [0.1, 0.15) is 30.0 Å². The van der Waals surface area contributed by atoms with Gasteiger partial charge in [0.1, 0.15) is 0 Å². The molecule has 0 saturated heterocycles. The van der Waals surface area contributed by atoms with E-state index in [1.807, 2.05) is 6.07 Å². The number of halogens is 2. The van der Waals surface area contributed by atoms with Crippen molar-refractivity contribution in [2.75, 3.05) is 11.9 Å². The third-order valence-corrected chi connectivity index (χ3v) is 4.86. The highest BCUT2D eigenvalue weighted by Crippen LogP contribution is 2.29. The number of anilines is 1. The number of hydrogen-bond donors (Lipinski definition) is 2. The van der Waals surface area contributed by atoms with Crippen LogP contribution in [0.2, 0.25) is 0 Å².